The second kappa shape index (κ2) is 6.17. The average molecular weight is 264 g/mol. The lowest BCUT2D eigenvalue weighted by Crippen LogP contribution is -1.92. The number of aromatic amines is 1. The molecule has 1 N–H and O–H groups in total. The van der Waals surface area contributed by atoms with E-state index in [1.807, 2.05) is 29.7 Å². The van der Waals surface area contributed by atoms with Gasteiger partial charge in [0.25, 0.3) is 0 Å². The summed E-state index contributed by atoms with van der Waals surface area (Å²) in [6.45, 7) is 0. The molecule has 0 saturated heterocycles. The molecule has 0 aliphatic rings. The summed E-state index contributed by atoms with van der Waals surface area (Å²) in [5.41, 5.74) is 3.96. The Labute approximate surface area is 111 Å². The lowest BCUT2D eigenvalue weighted by molar-refractivity contribution is 1.26. The zero-order valence-corrected chi connectivity index (χ0v) is 11.7. The monoisotopic (exact) mass is 264 g/mol. The Kier molecular flexibility index (Phi) is 4.57. The van der Waals surface area contributed by atoms with Gasteiger partial charge in [-0.15, -0.1) is 0 Å². The molecule has 0 saturated carbocycles. The molecule has 0 amide bonds. The molecule has 0 fully saturated rings. The van der Waals surface area contributed by atoms with Gasteiger partial charge in [-0.3, -0.25) is 0 Å². The van der Waals surface area contributed by atoms with Crippen LogP contribution in [-0.2, 0) is 11.5 Å². The number of nitrogens with one attached hydrogen (secondary N) is 1. The number of imidazole rings is 1. The van der Waals surface area contributed by atoms with Crippen LogP contribution in [0.15, 0.2) is 30.6 Å². The Morgan fingerprint density at radius 1 is 1.18 bits per heavy atom. The third-order valence-corrected chi connectivity index (χ3v) is 3.76. The first-order valence-corrected chi connectivity index (χ1v) is 8.23. The summed E-state index contributed by atoms with van der Waals surface area (Å²) in [6.07, 6.45) is 7.93. The van der Waals surface area contributed by atoms with Crippen molar-refractivity contribution in [3.05, 3.63) is 41.7 Å². The van der Waals surface area contributed by atoms with Crippen molar-refractivity contribution in [2.75, 3.05) is 12.5 Å². The molecule has 2 rings (SSSR count). The van der Waals surface area contributed by atoms with E-state index in [1.54, 1.807) is 6.20 Å². The van der Waals surface area contributed by atoms with Gasteiger partial charge in [-0.1, -0.05) is 18.2 Å². The molecule has 17 heavy (non-hydrogen) atoms. The van der Waals surface area contributed by atoms with E-state index in [9.17, 15) is 0 Å². The van der Waals surface area contributed by atoms with Gasteiger partial charge in [0.1, 0.15) is 5.82 Å². The van der Waals surface area contributed by atoms with Crippen molar-refractivity contribution in [2.24, 2.45) is 0 Å². The average Bonchev–Trinajstić information content (AvgIpc) is 2.84. The quantitative estimate of drug-likeness (QED) is 0.890. The third-order valence-electron chi connectivity index (χ3n) is 2.53. The SMILES string of the molecule is CSCc1ccc(-c2ncc[nH]2)c(CSC)c1. The fourth-order valence-corrected chi connectivity index (χ4v) is 2.88. The van der Waals surface area contributed by atoms with Crippen LogP contribution in [-0.4, -0.2) is 22.5 Å². The highest BCUT2D eigenvalue weighted by Crippen LogP contribution is 2.25. The number of hydrogen-bond acceptors (Lipinski definition) is 3. The topological polar surface area (TPSA) is 28.7 Å². The van der Waals surface area contributed by atoms with Crippen LogP contribution in [0.1, 0.15) is 11.1 Å². The molecule has 0 spiro atoms. The molecule has 0 aliphatic carbocycles. The highest BCUT2D eigenvalue weighted by Gasteiger charge is 2.07. The highest BCUT2D eigenvalue weighted by atomic mass is 32.2. The highest BCUT2D eigenvalue weighted by molar-refractivity contribution is 7.98. The molecule has 0 radical (unpaired) electrons. The van der Waals surface area contributed by atoms with Gasteiger partial charge in [-0.25, -0.2) is 4.98 Å². The number of aromatic nitrogens is 2. The number of H-pyrrole nitrogens is 1. The van der Waals surface area contributed by atoms with Crippen LogP contribution in [0.5, 0.6) is 0 Å². The van der Waals surface area contributed by atoms with Crippen LogP contribution in [0.2, 0.25) is 0 Å². The summed E-state index contributed by atoms with van der Waals surface area (Å²) in [5, 5.41) is 0. The number of hydrogen-bond donors (Lipinski definition) is 1. The molecule has 2 aromatic rings. The van der Waals surface area contributed by atoms with E-state index in [1.165, 1.54) is 16.7 Å². The summed E-state index contributed by atoms with van der Waals surface area (Å²) in [4.78, 5) is 7.51. The van der Waals surface area contributed by atoms with Crippen molar-refractivity contribution in [2.45, 2.75) is 11.5 Å². The minimum Gasteiger partial charge on any atom is -0.345 e. The summed E-state index contributed by atoms with van der Waals surface area (Å²) in [6, 6.07) is 6.67. The Morgan fingerprint density at radius 3 is 2.65 bits per heavy atom. The maximum absolute atomic E-state index is 4.34. The molecule has 1 aromatic carbocycles. The number of nitrogens with zero attached hydrogens (tertiary/aromatic N) is 1. The first-order valence-electron chi connectivity index (χ1n) is 5.44. The zero-order valence-electron chi connectivity index (χ0n) is 10.1. The molecule has 1 heterocycles. The summed E-state index contributed by atoms with van der Waals surface area (Å²) >= 11 is 3.70. The van der Waals surface area contributed by atoms with E-state index in [-0.39, 0.29) is 0 Å². The van der Waals surface area contributed by atoms with E-state index in [0.29, 0.717) is 0 Å². The summed E-state index contributed by atoms with van der Waals surface area (Å²) in [7, 11) is 0. The maximum atomic E-state index is 4.34. The second-order valence-electron chi connectivity index (χ2n) is 3.80. The van der Waals surface area contributed by atoms with Crippen LogP contribution in [0.4, 0.5) is 0 Å². The van der Waals surface area contributed by atoms with Crippen LogP contribution < -0.4 is 0 Å². The molecule has 0 atom stereocenters. The van der Waals surface area contributed by atoms with E-state index in [2.05, 4.69) is 40.7 Å². The number of rotatable bonds is 5. The van der Waals surface area contributed by atoms with E-state index in [4.69, 9.17) is 0 Å². The largest absolute Gasteiger partial charge is 0.345 e. The Morgan fingerprint density at radius 2 is 2.00 bits per heavy atom. The van der Waals surface area contributed by atoms with Gasteiger partial charge in [0.15, 0.2) is 0 Å². The van der Waals surface area contributed by atoms with Gasteiger partial charge in [0.2, 0.25) is 0 Å². The van der Waals surface area contributed by atoms with Gasteiger partial charge >= 0.3 is 0 Å². The Bertz CT molecular complexity index is 466. The number of thioether (sulfide) groups is 2. The smallest absolute Gasteiger partial charge is 0.137 e. The van der Waals surface area contributed by atoms with Gasteiger partial charge in [0, 0.05) is 29.5 Å². The van der Waals surface area contributed by atoms with Gasteiger partial charge in [0.05, 0.1) is 0 Å². The summed E-state index contributed by atoms with van der Waals surface area (Å²) < 4.78 is 0. The van der Waals surface area contributed by atoms with Crippen LogP contribution in [0, 0.1) is 0 Å². The standard InChI is InChI=1S/C13H16N2S2/c1-16-8-10-3-4-12(11(7-10)9-17-2)13-14-5-6-15-13/h3-7H,8-9H2,1-2H3,(H,14,15). The van der Waals surface area contributed by atoms with Crippen molar-refractivity contribution in [3.63, 3.8) is 0 Å². The minimum atomic E-state index is 0.963. The van der Waals surface area contributed by atoms with Gasteiger partial charge in [-0.05, 0) is 23.6 Å². The van der Waals surface area contributed by atoms with Gasteiger partial charge in [-0.2, -0.15) is 23.5 Å². The molecule has 4 heteroatoms. The number of benzene rings is 1. The van der Waals surface area contributed by atoms with E-state index in [0.717, 1.165) is 17.3 Å². The fraction of sp³-hybridized carbons (Fsp3) is 0.308. The van der Waals surface area contributed by atoms with Crippen molar-refractivity contribution in [3.8, 4) is 11.4 Å². The molecule has 2 nitrogen and oxygen atoms in total. The second-order valence-corrected chi connectivity index (χ2v) is 5.53. The lowest BCUT2D eigenvalue weighted by Gasteiger charge is -2.09. The lowest BCUT2D eigenvalue weighted by atomic mass is 10.1. The van der Waals surface area contributed by atoms with Crippen molar-refractivity contribution in [1.82, 2.24) is 9.97 Å². The summed E-state index contributed by atoms with van der Waals surface area (Å²) in [5.74, 6) is 3.06. The predicted octanol–water partition coefficient (Wildman–Crippen LogP) is 3.80. The van der Waals surface area contributed by atoms with Crippen LogP contribution in [0.25, 0.3) is 11.4 Å². The Balaban J connectivity index is 2.37. The first-order chi connectivity index (χ1) is 8.35. The molecule has 0 unspecified atom stereocenters. The van der Waals surface area contributed by atoms with Crippen LogP contribution in [0.3, 0.4) is 0 Å². The maximum Gasteiger partial charge on any atom is 0.137 e. The molecule has 0 aliphatic heterocycles. The van der Waals surface area contributed by atoms with Crippen molar-refractivity contribution < 1.29 is 0 Å². The molecule has 90 valence electrons. The third kappa shape index (κ3) is 3.07. The fourth-order valence-electron chi connectivity index (χ4n) is 1.82. The first kappa shape index (κ1) is 12.6. The van der Waals surface area contributed by atoms with Gasteiger partial charge < -0.3 is 4.98 Å². The van der Waals surface area contributed by atoms with Crippen molar-refractivity contribution >= 4 is 23.5 Å². The van der Waals surface area contributed by atoms with E-state index >= 15 is 0 Å². The predicted molar refractivity (Wildman–Crippen MR) is 78.5 cm³/mol. The van der Waals surface area contributed by atoms with Crippen molar-refractivity contribution in [1.29, 1.82) is 0 Å². The molecule has 1 aromatic heterocycles. The molecular weight excluding hydrogens is 248 g/mol. The molecular formula is C13H16N2S2. The normalized spacial score (nSPS) is 10.7. The zero-order chi connectivity index (χ0) is 12.1. The molecule has 0 bridgehead atoms. The van der Waals surface area contributed by atoms with E-state index < -0.39 is 0 Å². The minimum absolute atomic E-state index is 0.963. The van der Waals surface area contributed by atoms with Crippen LogP contribution >= 0.6 is 23.5 Å². The Hall–Kier alpha value is -0.870.